The first-order valence-electron chi connectivity index (χ1n) is 11.2. The number of nitrogens with zero attached hydrogens (tertiary/aromatic N) is 2. The Balaban J connectivity index is 1.84. The third kappa shape index (κ3) is 4.52. The lowest BCUT2D eigenvalue weighted by Gasteiger charge is -2.39. The van der Waals surface area contributed by atoms with Crippen LogP contribution in [-0.2, 0) is 20.4 Å². The highest BCUT2D eigenvalue weighted by atomic mass is 35.5. The monoisotopic (exact) mass is 535 g/mol. The third-order valence-corrected chi connectivity index (χ3v) is 7.66. The number of primary sulfonamides is 1. The van der Waals surface area contributed by atoms with Gasteiger partial charge in [0.2, 0.25) is 15.9 Å². The minimum Gasteiger partial charge on any atom is -0.324 e. The van der Waals surface area contributed by atoms with Crippen LogP contribution in [-0.4, -0.2) is 49.8 Å². The van der Waals surface area contributed by atoms with E-state index < -0.39 is 37.6 Å². The number of carbonyl (C=O) groups excluding carboxylic acids is 2. The topological polar surface area (TPSA) is 134 Å². The van der Waals surface area contributed by atoms with Gasteiger partial charge in [0.05, 0.1) is 21.8 Å². The van der Waals surface area contributed by atoms with Crippen LogP contribution in [0.1, 0.15) is 43.7 Å². The molecule has 36 heavy (non-hydrogen) atoms. The lowest BCUT2D eigenvalue weighted by atomic mass is 9.86. The number of benzene rings is 1. The highest BCUT2D eigenvalue weighted by Gasteiger charge is 2.51. The summed E-state index contributed by atoms with van der Waals surface area (Å²) in [7, 11) is -4.15. The van der Waals surface area contributed by atoms with Crippen molar-refractivity contribution in [3.63, 3.8) is 0 Å². The maximum atomic E-state index is 15.0. The predicted octanol–water partition coefficient (Wildman–Crippen LogP) is 2.78. The van der Waals surface area contributed by atoms with Crippen LogP contribution in [0, 0.1) is 11.2 Å². The molecule has 0 aliphatic carbocycles. The molecule has 3 heterocycles. The fourth-order valence-electron chi connectivity index (χ4n) is 4.50. The van der Waals surface area contributed by atoms with E-state index in [1.807, 2.05) is 0 Å². The number of halogens is 2. The molecule has 4 N–H and O–H groups in total. The summed E-state index contributed by atoms with van der Waals surface area (Å²) in [4.78, 5) is 32.1. The molecule has 1 aromatic carbocycles. The van der Waals surface area contributed by atoms with E-state index in [-0.39, 0.29) is 23.2 Å². The van der Waals surface area contributed by atoms with E-state index in [2.05, 4.69) is 15.6 Å². The fourth-order valence-corrected chi connectivity index (χ4v) is 5.18. The van der Waals surface area contributed by atoms with Gasteiger partial charge in [0, 0.05) is 25.0 Å². The highest BCUT2D eigenvalue weighted by molar-refractivity contribution is 7.89. The minimum absolute atomic E-state index is 0.163. The van der Waals surface area contributed by atoms with E-state index >= 15 is 0 Å². The Morgan fingerprint density at radius 1 is 1.22 bits per heavy atom. The Kier molecular flexibility index (Phi) is 6.49. The van der Waals surface area contributed by atoms with Crippen LogP contribution in [0.2, 0.25) is 5.15 Å². The number of sulfonamides is 1. The summed E-state index contributed by atoms with van der Waals surface area (Å²) in [6.07, 6.45) is 0. The summed E-state index contributed by atoms with van der Waals surface area (Å²) in [5.74, 6) is -1.93. The minimum atomic E-state index is -4.15. The van der Waals surface area contributed by atoms with Gasteiger partial charge in [-0.25, -0.2) is 22.9 Å². The molecule has 1 atom stereocenters. The standard InChI is InChI=1S/C24H27ClFN5O4S/c1-23(2,3)22(33)29-18-7-8-19(25)30-20(18)24(4)16-11-28-10-13(16)12-31(24)21(32)15-6-5-14(9-17(15)26)36(27,34)35/h5-9,28H,10-12H2,1-4H3,(H,29,33)(H2,27,34,35). The number of rotatable bonds is 4. The second-order valence-corrected chi connectivity index (χ2v) is 12.0. The zero-order valence-electron chi connectivity index (χ0n) is 20.3. The molecule has 9 nitrogen and oxygen atoms in total. The number of pyridine rings is 1. The smallest absolute Gasteiger partial charge is 0.258 e. The van der Waals surface area contributed by atoms with E-state index in [4.69, 9.17) is 16.7 Å². The Morgan fingerprint density at radius 2 is 1.92 bits per heavy atom. The summed E-state index contributed by atoms with van der Waals surface area (Å²) >= 11 is 6.27. The van der Waals surface area contributed by atoms with Crippen LogP contribution in [0.15, 0.2) is 46.4 Å². The first-order valence-corrected chi connectivity index (χ1v) is 13.1. The van der Waals surface area contributed by atoms with Crippen molar-refractivity contribution in [1.82, 2.24) is 15.2 Å². The molecule has 2 aliphatic heterocycles. The molecule has 0 bridgehead atoms. The molecule has 2 amide bonds. The van der Waals surface area contributed by atoms with Crippen molar-refractivity contribution in [1.29, 1.82) is 0 Å². The molecule has 0 fully saturated rings. The van der Waals surface area contributed by atoms with Crippen molar-refractivity contribution < 1.29 is 22.4 Å². The number of aromatic nitrogens is 1. The summed E-state index contributed by atoms with van der Waals surface area (Å²) < 4.78 is 38.2. The average Bonchev–Trinajstić information content (AvgIpc) is 3.35. The molecule has 1 unspecified atom stereocenters. The maximum Gasteiger partial charge on any atom is 0.258 e. The quantitative estimate of drug-likeness (QED) is 0.407. The van der Waals surface area contributed by atoms with Gasteiger partial charge >= 0.3 is 0 Å². The highest BCUT2D eigenvalue weighted by Crippen LogP contribution is 2.47. The Hall–Kier alpha value is -2.86. The Morgan fingerprint density at radius 3 is 2.53 bits per heavy atom. The molecule has 2 aliphatic rings. The summed E-state index contributed by atoms with van der Waals surface area (Å²) in [5.41, 5.74) is 0.357. The van der Waals surface area contributed by atoms with Crippen molar-refractivity contribution in [2.45, 2.75) is 38.1 Å². The molecule has 12 heteroatoms. The summed E-state index contributed by atoms with van der Waals surface area (Å²) in [6, 6.07) is 6.10. The SMILES string of the molecule is CC(C)(C)C(=O)Nc1ccc(Cl)nc1C1(C)C2=C(CNC2)CN1C(=O)c1ccc(S(N)(=O)=O)cc1F. The fraction of sp³-hybridized carbons (Fsp3) is 0.375. The van der Waals surface area contributed by atoms with Gasteiger partial charge in [-0.3, -0.25) is 9.59 Å². The first kappa shape index (κ1) is 26.2. The van der Waals surface area contributed by atoms with Crippen molar-refractivity contribution in [2.75, 3.05) is 25.0 Å². The first-order chi connectivity index (χ1) is 16.6. The van der Waals surface area contributed by atoms with E-state index in [1.54, 1.807) is 39.8 Å². The van der Waals surface area contributed by atoms with Gasteiger partial charge in [-0.15, -0.1) is 0 Å². The molecule has 0 saturated carbocycles. The molecule has 0 radical (unpaired) electrons. The molecule has 0 saturated heterocycles. The van der Waals surface area contributed by atoms with Gasteiger partial charge in [0.1, 0.15) is 16.5 Å². The zero-order chi connectivity index (χ0) is 26.6. The van der Waals surface area contributed by atoms with Gasteiger partial charge in [-0.1, -0.05) is 32.4 Å². The predicted molar refractivity (Wildman–Crippen MR) is 133 cm³/mol. The van der Waals surface area contributed by atoms with Crippen molar-refractivity contribution in [3.05, 3.63) is 63.7 Å². The van der Waals surface area contributed by atoms with Gasteiger partial charge < -0.3 is 15.5 Å². The number of hydrogen-bond donors (Lipinski definition) is 3. The molecule has 0 spiro atoms. The van der Waals surface area contributed by atoms with Gasteiger partial charge in [-0.2, -0.15) is 0 Å². The maximum absolute atomic E-state index is 15.0. The summed E-state index contributed by atoms with van der Waals surface area (Å²) in [5, 5.41) is 11.4. The Labute approximate surface area is 214 Å². The number of carbonyl (C=O) groups is 2. The van der Waals surface area contributed by atoms with Crippen LogP contribution in [0.4, 0.5) is 10.1 Å². The number of amides is 2. The third-order valence-electron chi connectivity index (χ3n) is 6.54. The van der Waals surface area contributed by atoms with E-state index in [0.29, 0.717) is 24.5 Å². The molecule has 192 valence electrons. The molecule has 2 aromatic rings. The van der Waals surface area contributed by atoms with E-state index in [0.717, 1.165) is 29.3 Å². The van der Waals surface area contributed by atoms with Gasteiger partial charge in [0.25, 0.3) is 5.91 Å². The molecular formula is C24H27ClFN5O4S. The lowest BCUT2D eigenvalue weighted by molar-refractivity contribution is -0.123. The van der Waals surface area contributed by atoms with Crippen LogP contribution >= 0.6 is 11.6 Å². The van der Waals surface area contributed by atoms with E-state index in [1.165, 1.54) is 4.90 Å². The molecule has 1 aromatic heterocycles. The lowest BCUT2D eigenvalue weighted by Crippen LogP contribution is -2.48. The zero-order valence-corrected chi connectivity index (χ0v) is 21.8. The average molecular weight is 536 g/mol. The molecule has 4 rings (SSSR count). The molecular weight excluding hydrogens is 509 g/mol. The normalized spacial score (nSPS) is 20.0. The van der Waals surface area contributed by atoms with Crippen LogP contribution in [0.5, 0.6) is 0 Å². The summed E-state index contributed by atoms with van der Waals surface area (Å²) in [6.45, 7) is 8.28. The van der Waals surface area contributed by atoms with Crippen molar-refractivity contribution in [3.8, 4) is 0 Å². The van der Waals surface area contributed by atoms with Crippen molar-refractivity contribution in [2.24, 2.45) is 10.6 Å². The van der Waals surface area contributed by atoms with Crippen LogP contribution < -0.4 is 15.8 Å². The van der Waals surface area contributed by atoms with Crippen molar-refractivity contribution >= 4 is 39.1 Å². The largest absolute Gasteiger partial charge is 0.324 e. The van der Waals surface area contributed by atoms with Gasteiger partial charge in [0.15, 0.2) is 0 Å². The second kappa shape index (κ2) is 8.91. The van der Waals surface area contributed by atoms with Crippen LogP contribution in [0.25, 0.3) is 0 Å². The number of hydrogen-bond acceptors (Lipinski definition) is 6. The Bertz CT molecular complexity index is 1420. The number of anilines is 1. The van der Waals surface area contributed by atoms with Gasteiger partial charge in [-0.05, 0) is 48.4 Å². The number of nitrogens with one attached hydrogen (secondary N) is 2. The number of nitrogens with two attached hydrogens (primary N) is 1. The van der Waals surface area contributed by atoms with Crippen LogP contribution in [0.3, 0.4) is 0 Å². The van der Waals surface area contributed by atoms with E-state index in [9.17, 15) is 22.4 Å². The second-order valence-electron chi connectivity index (χ2n) is 10.1.